The number of piperazine rings is 1. The van der Waals surface area contributed by atoms with Crippen molar-refractivity contribution in [2.24, 2.45) is 0 Å². The first-order valence-corrected chi connectivity index (χ1v) is 23.6. The van der Waals surface area contributed by atoms with Gasteiger partial charge in [0.15, 0.2) is 6.61 Å². The van der Waals surface area contributed by atoms with Crippen LogP contribution in [0.15, 0.2) is 73.2 Å². The molecule has 3 aromatic heterocycles. The lowest BCUT2D eigenvalue weighted by molar-refractivity contribution is -0.145. The third-order valence-electron chi connectivity index (χ3n) is 11.5. The van der Waals surface area contributed by atoms with E-state index in [0.29, 0.717) is 75.8 Å². The van der Waals surface area contributed by atoms with Crippen molar-refractivity contribution < 1.29 is 60.7 Å². The van der Waals surface area contributed by atoms with Crippen LogP contribution in [0.1, 0.15) is 44.0 Å². The van der Waals surface area contributed by atoms with Gasteiger partial charge < -0.3 is 38.6 Å². The fraction of sp³-hybridized carbons (Fsp3) is 0.367. The number of amides is 2. The van der Waals surface area contributed by atoms with Crippen LogP contribution in [0.4, 0.5) is 28.0 Å². The minimum atomic E-state index is -4.44. The number of nitrogens with zero attached hydrogens (tertiary/aromatic N) is 7. The van der Waals surface area contributed by atoms with Crippen LogP contribution >= 0.6 is 22.9 Å². The second-order valence-corrected chi connectivity index (χ2v) is 19.0. The van der Waals surface area contributed by atoms with Crippen molar-refractivity contribution in [3.63, 3.8) is 0 Å². The molecule has 3 aromatic carbocycles. The molecular formula is C49H48ClF4N7O9S. The van der Waals surface area contributed by atoms with Crippen molar-refractivity contribution >= 4 is 56.8 Å². The number of rotatable bonds is 11. The van der Waals surface area contributed by atoms with E-state index < -0.39 is 61.3 Å². The van der Waals surface area contributed by atoms with Gasteiger partial charge in [0, 0.05) is 67.9 Å². The highest BCUT2D eigenvalue weighted by Gasteiger charge is 2.32. The van der Waals surface area contributed by atoms with Crippen molar-refractivity contribution in [3.8, 4) is 45.0 Å². The molecule has 1 N–H and O–H groups in total. The molecule has 6 heterocycles. The van der Waals surface area contributed by atoms with Crippen LogP contribution in [0.3, 0.4) is 0 Å². The zero-order chi connectivity index (χ0) is 50.6. The van der Waals surface area contributed by atoms with Crippen LogP contribution in [0.5, 0.6) is 23.4 Å². The van der Waals surface area contributed by atoms with Gasteiger partial charge in [0.2, 0.25) is 12.0 Å². The number of fused-ring (bicyclic) bond motifs is 7. The molecule has 9 rings (SSSR count). The largest absolute Gasteiger partial charge is 0.487 e. The smallest absolute Gasteiger partial charge is 0.410 e. The van der Waals surface area contributed by atoms with Crippen molar-refractivity contribution in [1.82, 2.24) is 29.7 Å². The van der Waals surface area contributed by atoms with Gasteiger partial charge in [-0.25, -0.2) is 28.9 Å². The quantitative estimate of drug-likeness (QED) is 0.121. The molecule has 6 aromatic rings. The lowest BCUT2D eigenvalue weighted by Gasteiger charge is -2.36. The van der Waals surface area contributed by atoms with Crippen LogP contribution in [0.25, 0.3) is 31.8 Å². The summed E-state index contributed by atoms with van der Waals surface area (Å²) in [6.07, 6.45) is -5.41. The van der Waals surface area contributed by atoms with Crippen molar-refractivity contribution in [3.05, 3.63) is 101 Å². The summed E-state index contributed by atoms with van der Waals surface area (Å²) in [5.74, 6) is -1.98. The molecule has 22 heteroatoms. The zero-order valence-electron chi connectivity index (χ0n) is 38.9. The number of thiophene rings is 1. The number of aliphatic carboxylic acids is 1. The summed E-state index contributed by atoms with van der Waals surface area (Å²) < 4.78 is 81.9. The van der Waals surface area contributed by atoms with E-state index in [1.54, 1.807) is 41.0 Å². The highest BCUT2D eigenvalue weighted by atomic mass is 35.5. The SMILES string of the molecule is Cc1c2ccc(c1Cl)N(CCN1CCN(C(=O)OC(C)(C)C)CC1)C(=O)COc1ccc(OCc3ccnc(OCCC(F)(F)F)n3)c(c1)C[C@H](C(=O)O)Oc1ncnc3sc(-c4ccc(F)cc4)c-2c13. The van der Waals surface area contributed by atoms with Crippen molar-refractivity contribution in [1.29, 1.82) is 0 Å². The predicted molar refractivity (Wildman–Crippen MR) is 255 cm³/mol. The highest BCUT2D eigenvalue weighted by Crippen LogP contribution is 2.50. The Balaban J connectivity index is 1.17. The number of carboxylic acids is 1. The number of carbonyl (C=O) groups excluding carboxylic acids is 2. The molecule has 1 saturated heterocycles. The van der Waals surface area contributed by atoms with Gasteiger partial charge in [-0.2, -0.15) is 18.2 Å². The van der Waals surface area contributed by atoms with Crippen molar-refractivity contribution in [2.75, 3.05) is 57.4 Å². The summed E-state index contributed by atoms with van der Waals surface area (Å²) in [4.78, 5) is 63.9. The van der Waals surface area contributed by atoms with Gasteiger partial charge >= 0.3 is 24.2 Å². The first-order chi connectivity index (χ1) is 33.8. The first kappa shape index (κ1) is 50.5. The second kappa shape index (κ2) is 21.3. The summed E-state index contributed by atoms with van der Waals surface area (Å²) in [7, 11) is 0. The number of carbonyl (C=O) groups is 3. The third kappa shape index (κ3) is 12.4. The zero-order valence-corrected chi connectivity index (χ0v) is 40.5. The van der Waals surface area contributed by atoms with E-state index in [1.165, 1.54) is 60.3 Å². The van der Waals surface area contributed by atoms with Gasteiger partial charge in [0.25, 0.3) is 5.91 Å². The Labute approximate surface area is 414 Å². The summed E-state index contributed by atoms with van der Waals surface area (Å²) in [6.45, 7) is 8.31. The average Bonchev–Trinajstić information content (AvgIpc) is 3.71. The molecule has 0 radical (unpaired) electrons. The van der Waals surface area contributed by atoms with E-state index in [0.717, 1.165) is 0 Å². The molecule has 1 fully saturated rings. The van der Waals surface area contributed by atoms with Crippen LogP contribution in [-0.4, -0.2) is 123 Å². The number of aromatic nitrogens is 4. The molecule has 16 nitrogen and oxygen atoms in total. The second-order valence-electron chi connectivity index (χ2n) is 17.6. The molecule has 0 aliphatic carbocycles. The van der Waals surface area contributed by atoms with Crippen LogP contribution < -0.4 is 23.8 Å². The first-order valence-electron chi connectivity index (χ1n) is 22.4. The highest BCUT2D eigenvalue weighted by molar-refractivity contribution is 7.22. The van der Waals surface area contributed by atoms with Crippen molar-refractivity contribution in [2.45, 2.75) is 65.0 Å². The fourth-order valence-electron chi connectivity index (χ4n) is 7.93. The minimum absolute atomic E-state index is 0.0663. The lowest BCUT2D eigenvalue weighted by atomic mass is 9.95. The van der Waals surface area contributed by atoms with E-state index in [-0.39, 0.29) is 59.2 Å². The molecule has 374 valence electrons. The maximum atomic E-state index is 14.5. The van der Waals surface area contributed by atoms with E-state index in [2.05, 4.69) is 24.8 Å². The summed E-state index contributed by atoms with van der Waals surface area (Å²) in [5.41, 5.74) is 2.57. The Bertz CT molecular complexity index is 2930. The Kier molecular flexibility index (Phi) is 15.1. The van der Waals surface area contributed by atoms with Crippen LogP contribution in [-0.2, 0) is 27.4 Å². The van der Waals surface area contributed by atoms with Gasteiger partial charge in [0.05, 0.1) is 28.2 Å². The molecule has 3 aliphatic heterocycles. The number of ether oxygens (including phenoxy) is 5. The summed E-state index contributed by atoms with van der Waals surface area (Å²) in [6, 6.07) is 15.2. The van der Waals surface area contributed by atoms with Gasteiger partial charge in [-0.15, -0.1) is 11.3 Å². The normalized spacial score (nSPS) is 15.8. The maximum Gasteiger partial charge on any atom is 0.410 e. The van der Waals surface area contributed by atoms with Crippen LogP contribution in [0.2, 0.25) is 5.02 Å². The number of hydrogen-bond acceptors (Lipinski definition) is 14. The molecule has 0 spiro atoms. The van der Waals surface area contributed by atoms with E-state index in [4.69, 9.17) is 35.3 Å². The Morgan fingerprint density at radius 1 is 0.958 bits per heavy atom. The number of halogens is 5. The molecule has 0 unspecified atom stereocenters. The molecule has 1 atom stereocenters. The number of hydrogen-bond donors (Lipinski definition) is 1. The molecular weight excluding hydrogens is 974 g/mol. The van der Waals surface area contributed by atoms with Gasteiger partial charge in [-0.1, -0.05) is 29.8 Å². The standard InChI is InChI=1S/C49H48ClF4N7O9S/c1-28-34-10-11-35(41(28)50)61(21-18-59-16-19-60(20-17-59)47(65)70-48(2,3)4)38(62)26-67-33-9-12-36(68-25-32-13-15-55-46(58-32)66-22-14-49(52,53)54)30(23-33)24-37(45(63)64)69-43-40-39(34)42(71-44(40)57-27-56-43)29-5-7-31(51)8-6-29/h5-13,15,23,27,37H,14,16-22,24-26H2,1-4H3,(H,63,64)/t37-/m1/s1. The molecule has 2 amide bonds. The average molecular weight is 1020 g/mol. The van der Waals surface area contributed by atoms with E-state index >= 15 is 0 Å². The monoisotopic (exact) mass is 1020 g/mol. The minimum Gasteiger partial charge on any atom is -0.487 e. The van der Waals surface area contributed by atoms with Crippen LogP contribution in [0, 0.1) is 12.7 Å². The topological polar surface area (TPSA) is 179 Å². The van der Waals surface area contributed by atoms with E-state index in [9.17, 15) is 37.1 Å². The van der Waals surface area contributed by atoms with Gasteiger partial charge in [-0.3, -0.25) is 9.69 Å². The summed E-state index contributed by atoms with van der Waals surface area (Å²) >= 11 is 8.58. The third-order valence-corrected chi connectivity index (χ3v) is 13.1. The number of anilines is 1. The molecule has 71 heavy (non-hydrogen) atoms. The number of carboxylic acid groups (broad SMARTS) is 1. The molecule has 0 saturated carbocycles. The Hall–Kier alpha value is -6.84. The van der Waals surface area contributed by atoms with E-state index in [1.807, 2.05) is 20.8 Å². The maximum absolute atomic E-state index is 14.5. The van der Waals surface area contributed by atoms with Gasteiger partial charge in [-0.05, 0) is 86.8 Å². The molecule has 4 bridgehead atoms. The predicted octanol–water partition coefficient (Wildman–Crippen LogP) is 9.18. The summed E-state index contributed by atoms with van der Waals surface area (Å²) in [5, 5.41) is 11.3. The number of benzene rings is 3. The Morgan fingerprint density at radius 3 is 2.44 bits per heavy atom. The molecule has 3 aliphatic rings. The lowest BCUT2D eigenvalue weighted by Crippen LogP contribution is -2.51. The number of alkyl halides is 3. The van der Waals surface area contributed by atoms with Gasteiger partial charge in [0.1, 0.15) is 47.3 Å². The fourth-order valence-corrected chi connectivity index (χ4v) is 9.35. The Morgan fingerprint density at radius 2 is 1.72 bits per heavy atom.